The number of nitrogens with zero attached hydrogens (tertiary/aromatic N) is 3. The molecule has 0 saturated heterocycles. The van der Waals surface area contributed by atoms with Gasteiger partial charge in [0.15, 0.2) is 5.82 Å². The number of aromatic nitrogens is 3. The Hall–Kier alpha value is -3.68. The smallest absolute Gasteiger partial charge is 0.248 e. The molecule has 1 atom stereocenters. The van der Waals surface area contributed by atoms with Crippen LogP contribution in [0, 0.1) is 5.82 Å². The van der Waals surface area contributed by atoms with Crippen LogP contribution >= 0.6 is 0 Å². The largest absolute Gasteiger partial charge is 0.508 e. The van der Waals surface area contributed by atoms with E-state index in [-0.39, 0.29) is 11.6 Å². The first kappa shape index (κ1) is 16.8. The molecule has 8 heteroatoms. The summed E-state index contributed by atoms with van der Waals surface area (Å²) in [6, 6.07) is 11.7. The van der Waals surface area contributed by atoms with Crippen LogP contribution in [0.3, 0.4) is 0 Å². The second-order valence-corrected chi connectivity index (χ2v) is 6.23. The maximum atomic E-state index is 13.4. The Morgan fingerprint density at radius 2 is 1.85 bits per heavy atom. The highest BCUT2D eigenvalue weighted by Gasteiger charge is 2.33. The topological polar surface area (TPSA) is 106 Å². The summed E-state index contributed by atoms with van der Waals surface area (Å²) in [5.74, 6) is 0.0239. The van der Waals surface area contributed by atoms with Crippen LogP contribution in [-0.4, -0.2) is 25.8 Å². The average molecular weight is 365 g/mol. The third-order valence-electron chi connectivity index (χ3n) is 4.43. The molecular weight excluding hydrogens is 349 g/mol. The van der Waals surface area contributed by atoms with Gasteiger partial charge in [0.05, 0.1) is 5.57 Å². The first-order valence-corrected chi connectivity index (χ1v) is 8.23. The summed E-state index contributed by atoms with van der Waals surface area (Å²) in [6.07, 6.45) is 0. The van der Waals surface area contributed by atoms with Crippen LogP contribution in [0.15, 0.2) is 59.8 Å². The van der Waals surface area contributed by atoms with Gasteiger partial charge in [-0.25, -0.2) is 9.07 Å². The molecule has 3 aromatic rings. The molecule has 1 aliphatic rings. The summed E-state index contributed by atoms with van der Waals surface area (Å²) < 4.78 is 14.9. The maximum Gasteiger partial charge on any atom is 0.248 e. The first-order valence-electron chi connectivity index (χ1n) is 8.23. The quantitative estimate of drug-likeness (QED) is 0.661. The minimum absolute atomic E-state index is 0.138. The molecule has 0 saturated carbocycles. The molecule has 7 nitrogen and oxygen atoms in total. The number of primary amides is 1. The average Bonchev–Trinajstić information content (AvgIpc) is 3.05. The molecule has 2 heterocycles. The number of anilines is 1. The molecule has 2 aromatic carbocycles. The lowest BCUT2D eigenvalue weighted by Gasteiger charge is -2.27. The van der Waals surface area contributed by atoms with E-state index in [1.54, 1.807) is 48.0 Å². The monoisotopic (exact) mass is 365 g/mol. The van der Waals surface area contributed by atoms with E-state index >= 15 is 0 Å². The number of hydrogen-bond donors (Lipinski definition) is 3. The molecule has 0 radical (unpaired) electrons. The van der Waals surface area contributed by atoms with Crippen molar-refractivity contribution in [2.75, 3.05) is 5.32 Å². The van der Waals surface area contributed by atoms with E-state index in [0.29, 0.717) is 34.2 Å². The lowest BCUT2D eigenvalue weighted by Crippen LogP contribution is -2.31. The number of halogens is 1. The Morgan fingerprint density at radius 3 is 2.48 bits per heavy atom. The first-order chi connectivity index (χ1) is 12.9. The van der Waals surface area contributed by atoms with Gasteiger partial charge in [-0.05, 0) is 48.9 Å². The van der Waals surface area contributed by atoms with Gasteiger partial charge in [0.25, 0.3) is 0 Å². The summed E-state index contributed by atoms with van der Waals surface area (Å²) in [5.41, 5.74) is 7.86. The molecule has 1 aromatic heterocycles. The number of aromatic hydroxyl groups is 1. The van der Waals surface area contributed by atoms with E-state index in [9.17, 15) is 14.3 Å². The standard InChI is InChI=1S/C19H16FN5O2/c1-10-15(17(21)27)16(11-2-6-13(20)7-3-11)25-19(22-10)23-18(24-25)12-4-8-14(26)9-5-12/h2-9,16,26H,1H3,(H2,21,27)(H,22,23,24). The van der Waals surface area contributed by atoms with Crippen LogP contribution < -0.4 is 11.1 Å². The van der Waals surface area contributed by atoms with Crippen molar-refractivity contribution in [3.63, 3.8) is 0 Å². The minimum atomic E-state index is -0.627. The number of nitrogens with two attached hydrogens (primary N) is 1. The van der Waals surface area contributed by atoms with Crippen LogP contribution in [0.2, 0.25) is 0 Å². The van der Waals surface area contributed by atoms with Gasteiger partial charge < -0.3 is 16.2 Å². The van der Waals surface area contributed by atoms with Crippen LogP contribution in [-0.2, 0) is 4.79 Å². The van der Waals surface area contributed by atoms with Crippen LogP contribution in [0.1, 0.15) is 18.5 Å². The lowest BCUT2D eigenvalue weighted by molar-refractivity contribution is -0.115. The van der Waals surface area contributed by atoms with Crippen LogP contribution in [0.4, 0.5) is 10.3 Å². The molecule has 136 valence electrons. The number of nitrogens with one attached hydrogen (secondary N) is 1. The zero-order valence-corrected chi connectivity index (χ0v) is 14.3. The number of hydrogen-bond acceptors (Lipinski definition) is 5. The fourth-order valence-electron chi connectivity index (χ4n) is 3.16. The summed E-state index contributed by atoms with van der Waals surface area (Å²) in [6.45, 7) is 1.73. The number of phenolic OH excluding ortho intramolecular Hbond substituents is 1. The molecule has 0 bridgehead atoms. The Morgan fingerprint density at radius 1 is 1.19 bits per heavy atom. The number of allylic oxidation sites excluding steroid dienone is 1. The van der Waals surface area contributed by atoms with E-state index in [1.165, 1.54) is 12.1 Å². The SMILES string of the molecule is CC1=C(C(N)=O)C(c2ccc(F)cc2)n2nc(-c3ccc(O)cc3)nc2N1. The molecule has 0 spiro atoms. The Bertz CT molecular complexity index is 1050. The van der Waals surface area contributed by atoms with Crippen molar-refractivity contribution in [2.24, 2.45) is 5.73 Å². The zero-order valence-electron chi connectivity index (χ0n) is 14.3. The van der Waals surface area contributed by atoms with Crippen molar-refractivity contribution in [3.8, 4) is 17.1 Å². The fraction of sp³-hybridized carbons (Fsp3) is 0.105. The normalized spacial score (nSPS) is 16.0. The number of fused-ring (bicyclic) bond motifs is 1. The van der Waals surface area contributed by atoms with Gasteiger partial charge >= 0.3 is 0 Å². The number of carbonyl (C=O) groups excluding carboxylic acids is 1. The van der Waals surface area contributed by atoms with Crippen molar-refractivity contribution in [3.05, 3.63) is 71.2 Å². The number of amides is 1. The van der Waals surface area contributed by atoms with Crippen molar-refractivity contribution in [1.82, 2.24) is 14.8 Å². The molecule has 0 fully saturated rings. The van der Waals surface area contributed by atoms with Gasteiger partial charge in [-0.1, -0.05) is 12.1 Å². The molecule has 4 N–H and O–H groups in total. The molecule has 1 aliphatic heterocycles. The van der Waals surface area contributed by atoms with Gasteiger partial charge in [-0.3, -0.25) is 4.79 Å². The molecule has 0 aliphatic carbocycles. The number of benzene rings is 2. The third-order valence-corrected chi connectivity index (χ3v) is 4.43. The minimum Gasteiger partial charge on any atom is -0.508 e. The van der Waals surface area contributed by atoms with E-state index in [2.05, 4.69) is 15.4 Å². The maximum absolute atomic E-state index is 13.4. The highest BCUT2D eigenvalue weighted by Crippen LogP contribution is 2.36. The van der Waals surface area contributed by atoms with Crippen molar-refractivity contribution in [1.29, 1.82) is 0 Å². The Balaban J connectivity index is 1.87. The van der Waals surface area contributed by atoms with Crippen LogP contribution in [0.5, 0.6) is 5.75 Å². The fourth-order valence-corrected chi connectivity index (χ4v) is 3.16. The molecule has 4 rings (SSSR count). The second-order valence-electron chi connectivity index (χ2n) is 6.23. The number of carbonyl (C=O) groups is 1. The van der Waals surface area contributed by atoms with E-state index in [0.717, 1.165) is 0 Å². The number of rotatable bonds is 3. The van der Waals surface area contributed by atoms with Gasteiger partial charge in [0.2, 0.25) is 11.9 Å². The van der Waals surface area contributed by atoms with Crippen molar-refractivity contribution in [2.45, 2.75) is 13.0 Å². The van der Waals surface area contributed by atoms with Gasteiger partial charge in [-0.15, -0.1) is 5.10 Å². The molecule has 1 amide bonds. The predicted octanol–water partition coefficient (Wildman–Crippen LogP) is 2.56. The summed E-state index contributed by atoms with van der Waals surface area (Å²) >= 11 is 0. The zero-order chi connectivity index (χ0) is 19.1. The lowest BCUT2D eigenvalue weighted by atomic mass is 9.95. The molecule has 27 heavy (non-hydrogen) atoms. The van der Waals surface area contributed by atoms with Gasteiger partial charge in [0.1, 0.15) is 17.6 Å². The third kappa shape index (κ3) is 2.91. The molecular formula is C19H16FN5O2. The summed E-state index contributed by atoms with van der Waals surface area (Å²) in [5, 5.41) is 17.0. The Kier molecular flexibility index (Phi) is 3.88. The van der Waals surface area contributed by atoms with E-state index < -0.39 is 11.9 Å². The van der Waals surface area contributed by atoms with Gasteiger partial charge in [-0.2, -0.15) is 4.98 Å². The second kappa shape index (κ2) is 6.24. The summed E-state index contributed by atoms with van der Waals surface area (Å²) in [4.78, 5) is 16.6. The summed E-state index contributed by atoms with van der Waals surface area (Å²) in [7, 11) is 0. The Labute approximate surface area is 154 Å². The van der Waals surface area contributed by atoms with Crippen LogP contribution in [0.25, 0.3) is 11.4 Å². The van der Waals surface area contributed by atoms with Gasteiger partial charge in [0, 0.05) is 11.3 Å². The van der Waals surface area contributed by atoms with Crippen molar-refractivity contribution >= 4 is 11.9 Å². The van der Waals surface area contributed by atoms with Crippen molar-refractivity contribution < 1.29 is 14.3 Å². The highest BCUT2D eigenvalue weighted by molar-refractivity contribution is 5.95. The predicted molar refractivity (Wildman–Crippen MR) is 97.2 cm³/mol. The number of phenols is 1. The van der Waals surface area contributed by atoms with E-state index in [4.69, 9.17) is 5.73 Å². The molecule has 1 unspecified atom stereocenters. The van der Waals surface area contributed by atoms with E-state index in [1.807, 2.05) is 0 Å². The highest BCUT2D eigenvalue weighted by atomic mass is 19.1.